The molecule has 0 aromatic heterocycles. The summed E-state index contributed by atoms with van der Waals surface area (Å²) in [6, 6.07) is 2.27. The molecule has 1 N–H and O–H groups in total. The van der Waals surface area contributed by atoms with Crippen molar-refractivity contribution in [3.63, 3.8) is 0 Å². The number of halogens is 1. The van der Waals surface area contributed by atoms with Crippen molar-refractivity contribution in [3.8, 4) is 0 Å². The number of esters is 1. The first-order valence-corrected chi connectivity index (χ1v) is 6.24. The number of unbranched alkanes of at least 4 members (excludes halogenated alkanes) is 1. The number of benzene rings is 1. The van der Waals surface area contributed by atoms with Gasteiger partial charge in [-0.05, 0) is 31.9 Å². The van der Waals surface area contributed by atoms with Crippen LogP contribution in [0, 0.1) is 5.82 Å². The molecule has 0 spiro atoms. The molecular weight excluding hydrogens is 251 g/mol. The third kappa shape index (κ3) is 3.53. The highest BCUT2D eigenvalue weighted by atomic mass is 19.1. The Balaban J connectivity index is 3.32. The smallest absolute Gasteiger partial charge is 0.339 e. The fraction of sp³-hybridized carbons (Fsp3) is 0.429. The summed E-state index contributed by atoms with van der Waals surface area (Å²) in [5.41, 5.74) is -0.311. The Labute approximate surface area is 111 Å². The Hall–Kier alpha value is -1.91. The lowest BCUT2D eigenvalue weighted by molar-refractivity contribution is 0.0514. The Bertz CT molecular complexity index is 483. The van der Waals surface area contributed by atoms with Crippen molar-refractivity contribution in [1.82, 2.24) is 0 Å². The molecule has 1 aromatic carbocycles. The standard InChI is InChI=1S/C14H17FO4/c1-3-5-6-9-11(15)8-7-10(12(9)13(16)17)14(18)19-4-2/h7-8H,3-6H2,1-2H3,(H,16,17). The van der Waals surface area contributed by atoms with E-state index in [1.165, 1.54) is 0 Å². The second-order valence-corrected chi connectivity index (χ2v) is 4.08. The van der Waals surface area contributed by atoms with Gasteiger partial charge in [-0.1, -0.05) is 13.3 Å². The van der Waals surface area contributed by atoms with Crippen LogP contribution in [0.4, 0.5) is 4.39 Å². The lowest BCUT2D eigenvalue weighted by Gasteiger charge is -2.11. The van der Waals surface area contributed by atoms with Crippen molar-refractivity contribution in [3.05, 3.63) is 34.6 Å². The molecule has 0 heterocycles. The second kappa shape index (κ2) is 6.87. The molecular formula is C14H17FO4. The minimum atomic E-state index is -1.31. The third-order valence-electron chi connectivity index (χ3n) is 2.75. The normalized spacial score (nSPS) is 10.3. The molecule has 0 fully saturated rings. The van der Waals surface area contributed by atoms with Crippen LogP contribution >= 0.6 is 0 Å². The van der Waals surface area contributed by atoms with Gasteiger partial charge in [0.15, 0.2) is 0 Å². The highest BCUT2D eigenvalue weighted by Gasteiger charge is 2.23. The topological polar surface area (TPSA) is 63.6 Å². The van der Waals surface area contributed by atoms with Crippen LogP contribution < -0.4 is 0 Å². The van der Waals surface area contributed by atoms with E-state index in [-0.39, 0.29) is 29.7 Å². The Morgan fingerprint density at radius 1 is 1.32 bits per heavy atom. The predicted molar refractivity (Wildman–Crippen MR) is 67.9 cm³/mol. The maximum Gasteiger partial charge on any atom is 0.339 e. The number of rotatable bonds is 6. The molecule has 0 radical (unpaired) electrons. The predicted octanol–water partition coefficient (Wildman–Crippen LogP) is 3.04. The van der Waals surface area contributed by atoms with E-state index in [9.17, 15) is 19.1 Å². The van der Waals surface area contributed by atoms with E-state index in [2.05, 4.69) is 0 Å². The fourth-order valence-electron chi connectivity index (χ4n) is 1.84. The summed E-state index contributed by atoms with van der Waals surface area (Å²) in [6.45, 7) is 3.69. The van der Waals surface area contributed by atoms with Gasteiger partial charge in [0, 0.05) is 5.56 Å². The number of hydrogen-bond acceptors (Lipinski definition) is 3. The van der Waals surface area contributed by atoms with Gasteiger partial charge in [0.2, 0.25) is 0 Å². The van der Waals surface area contributed by atoms with Gasteiger partial charge in [-0.2, -0.15) is 0 Å². The molecule has 0 aliphatic rings. The molecule has 19 heavy (non-hydrogen) atoms. The van der Waals surface area contributed by atoms with E-state index >= 15 is 0 Å². The zero-order valence-corrected chi connectivity index (χ0v) is 11.0. The van der Waals surface area contributed by atoms with E-state index in [0.717, 1.165) is 18.6 Å². The van der Waals surface area contributed by atoms with E-state index in [0.29, 0.717) is 6.42 Å². The van der Waals surface area contributed by atoms with Crippen molar-refractivity contribution in [1.29, 1.82) is 0 Å². The molecule has 104 valence electrons. The minimum absolute atomic E-state index is 0.0694. The average Bonchev–Trinajstić information content (AvgIpc) is 2.36. The zero-order chi connectivity index (χ0) is 14.4. The molecule has 0 aliphatic heterocycles. The Morgan fingerprint density at radius 2 is 2.00 bits per heavy atom. The molecule has 0 bridgehead atoms. The molecule has 5 heteroatoms. The van der Waals surface area contributed by atoms with E-state index in [1.54, 1.807) is 6.92 Å². The lowest BCUT2D eigenvalue weighted by Crippen LogP contribution is -2.15. The molecule has 0 amide bonds. The second-order valence-electron chi connectivity index (χ2n) is 4.08. The van der Waals surface area contributed by atoms with Gasteiger partial charge in [0.25, 0.3) is 0 Å². The summed E-state index contributed by atoms with van der Waals surface area (Å²) in [5, 5.41) is 9.21. The van der Waals surface area contributed by atoms with Gasteiger partial charge in [0.1, 0.15) is 5.82 Å². The molecule has 0 saturated carbocycles. The molecule has 0 saturated heterocycles. The van der Waals surface area contributed by atoms with E-state index < -0.39 is 17.8 Å². The maximum atomic E-state index is 13.7. The lowest BCUT2D eigenvalue weighted by atomic mass is 9.96. The first kappa shape index (κ1) is 15.1. The first-order valence-electron chi connectivity index (χ1n) is 6.24. The molecule has 4 nitrogen and oxygen atoms in total. The van der Waals surface area contributed by atoms with E-state index in [1.807, 2.05) is 6.92 Å². The van der Waals surface area contributed by atoms with Gasteiger partial charge in [-0.15, -0.1) is 0 Å². The quantitative estimate of drug-likeness (QED) is 0.805. The van der Waals surface area contributed by atoms with Crippen LogP contribution in [-0.2, 0) is 11.2 Å². The summed E-state index contributed by atoms with van der Waals surface area (Å²) >= 11 is 0. The van der Waals surface area contributed by atoms with Crippen LogP contribution in [0.15, 0.2) is 12.1 Å². The first-order chi connectivity index (χ1) is 9.02. The van der Waals surface area contributed by atoms with Crippen molar-refractivity contribution >= 4 is 11.9 Å². The van der Waals surface area contributed by atoms with Gasteiger partial charge >= 0.3 is 11.9 Å². The van der Waals surface area contributed by atoms with Crippen LogP contribution in [0.1, 0.15) is 53.0 Å². The van der Waals surface area contributed by atoms with Gasteiger partial charge in [-0.3, -0.25) is 0 Å². The van der Waals surface area contributed by atoms with Gasteiger partial charge in [-0.25, -0.2) is 14.0 Å². The summed E-state index contributed by atoms with van der Waals surface area (Å²) in [4.78, 5) is 23.0. The highest BCUT2D eigenvalue weighted by molar-refractivity contribution is 6.03. The number of aromatic carboxylic acids is 1. The third-order valence-corrected chi connectivity index (χ3v) is 2.75. The van der Waals surface area contributed by atoms with Crippen molar-refractivity contribution in [2.75, 3.05) is 6.61 Å². The monoisotopic (exact) mass is 268 g/mol. The number of carbonyl (C=O) groups excluding carboxylic acids is 1. The van der Waals surface area contributed by atoms with Gasteiger partial charge < -0.3 is 9.84 Å². The largest absolute Gasteiger partial charge is 0.478 e. The number of ether oxygens (including phenoxy) is 1. The molecule has 0 unspecified atom stereocenters. The van der Waals surface area contributed by atoms with Crippen molar-refractivity contribution < 1.29 is 23.8 Å². The van der Waals surface area contributed by atoms with Crippen LogP contribution in [0.5, 0.6) is 0 Å². The maximum absolute atomic E-state index is 13.7. The summed E-state index contributed by atoms with van der Waals surface area (Å²) in [5.74, 6) is -2.65. The molecule has 1 rings (SSSR count). The summed E-state index contributed by atoms with van der Waals surface area (Å²) in [7, 11) is 0. The number of carbonyl (C=O) groups is 2. The van der Waals surface area contributed by atoms with E-state index in [4.69, 9.17) is 4.74 Å². The van der Waals surface area contributed by atoms with Gasteiger partial charge in [0.05, 0.1) is 17.7 Å². The zero-order valence-electron chi connectivity index (χ0n) is 11.0. The van der Waals surface area contributed by atoms with Crippen LogP contribution in [0.3, 0.4) is 0 Å². The number of carboxylic acid groups (broad SMARTS) is 1. The van der Waals surface area contributed by atoms with Crippen molar-refractivity contribution in [2.45, 2.75) is 33.1 Å². The Morgan fingerprint density at radius 3 is 2.53 bits per heavy atom. The van der Waals surface area contributed by atoms with Crippen LogP contribution in [0.2, 0.25) is 0 Å². The molecule has 0 atom stereocenters. The Kier molecular flexibility index (Phi) is 5.48. The van der Waals surface area contributed by atoms with Crippen molar-refractivity contribution in [2.24, 2.45) is 0 Å². The summed E-state index contributed by atoms with van der Waals surface area (Å²) in [6.07, 6.45) is 1.75. The number of carboxylic acids is 1. The summed E-state index contributed by atoms with van der Waals surface area (Å²) < 4.78 is 18.5. The highest BCUT2D eigenvalue weighted by Crippen LogP contribution is 2.22. The molecule has 0 aliphatic carbocycles. The molecule has 1 aromatic rings. The average molecular weight is 268 g/mol. The number of hydrogen-bond donors (Lipinski definition) is 1. The SMILES string of the molecule is CCCCc1c(F)ccc(C(=O)OCC)c1C(=O)O. The van der Waals surface area contributed by atoms with Crippen LogP contribution in [-0.4, -0.2) is 23.7 Å². The fourth-order valence-corrected chi connectivity index (χ4v) is 1.84. The minimum Gasteiger partial charge on any atom is -0.478 e. The van der Waals surface area contributed by atoms with Crippen LogP contribution in [0.25, 0.3) is 0 Å².